The molecule has 0 heterocycles. The molecule has 74 valence electrons. The van der Waals surface area contributed by atoms with Crippen molar-refractivity contribution < 1.29 is 12.6 Å². The van der Waals surface area contributed by atoms with Crippen LogP contribution in [0.3, 0.4) is 0 Å². The van der Waals surface area contributed by atoms with Crippen LogP contribution in [0, 0.1) is 0 Å². The summed E-state index contributed by atoms with van der Waals surface area (Å²) in [5.41, 5.74) is 5.11. The Morgan fingerprint density at radius 1 is 1.21 bits per heavy atom. The summed E-state index contributed by atoms with van der Waals surface area (Å²) in [7, 11) is -3.51. The van der Waals surface area contributed by atoms with E-state index in [1.807, 2.05) is 0 Å². The van der Waals surface area contributed by atoms with E-state index >= 15 is 0 Å². The first-order valence-electron chi connectivity index (χ1n) is 3.81. The van der Waals surface area contributed by atoms with Crippen LogP contribution in [-0.2, 0) is 10.1 Å². The van der Waals surface area contributed by atoms with Crippen molar-refractivity contribution in [2.45, 2.75) is 0 Å². The predicted octanol–water partition coefficient (Wildman–Crippen LogP) is -0.295. The molecule has 0 unspecified atom stereocenters. The second-order valence-corrected chi connectivity index (χ2v) is 4.14. The minimum absolute atomic E-state index is 0. The van der Waals surface area contributed by atoms with Gasteiger partial charge in [0.1, 0.15) is 5.75 Å². The molecule has 2 N–H and O–H groups in total. The Balaban J connectivity index is 0.00000169. The van der Waals surface area contributed by atoms with E-state index < -0.39 is 10.1 Å². The second-order valence-electron chi connectivity index (χ2n) is 2.45. The Kier molecular flexibility index (Phi) is 6.39. The number of hydrogen-bond donors (Lipinski definition) is 1. The molecule has 0 saturated carbocycles. The number of para-hydroxylation sites is 1. The van der Waals surface area contributed by atoms with Crippen molar-refractivity contribution in [2.24, 2.45) is 5.73 Å². The van der Waals surface area contributed by atoms with E-state index in [9.17, 15) is 8.42 Å². The quantitative estimate of drug-likeness (QED) is 0.564. The SMILES string of the molecule is NCCS(=O)(=O)Oc1ccccc1.[NaH]. The van der Waals surface area contributed by atoms with Gasteiger partial charge in [-0.3, -0.25) is 0 Å². The Morgan fingerprint density at radius 3 is 2.29 bits per heavy atom. The van der Waals surface area contributed by atoms with Gasteiger partial charge in [-0.2, -0.15) is 8.42 Å². The van der Waals surface area contributed by atoms with Gasteiger partial charge < -0.3 is 9.92 Å². The standard InChI is InChI=1S/C8H11NO3S.Na.H/c9-6-7-13(10,11)12-8-4-2-1-3-5-8;;/h1-5H,6-7,9H2;;. The molecule has 1 rings (SSSR count). The van der Waals surface area contributed by atoms with E-state index in [4.69, 9.17) is 9.92 Å². The van der Waals surface area contributed by atoms with Crippen molar-refractivity contribution in [3.05, 3.63) is 30.3 Å². The van der Waals surface area contributed by atoms with Gasteiger partial charge in [0.25, 0.3) is 0 Å². The summed E-state index contributed by atoms with van der Waals surface area (Å²) in [5.74, 6) is 0.151. The fourth-order valence-electron chi connectivity index (χ4n) is 0.809. The van der Waals surface area contributed by atoms with Gasteiger partial charge in [-0.15, -0.1) is 0 Å². The van der Waals surface area contributed by atoms with Crippen LogP contribution in [0.15, 0.2) is 30.3 Å². The maximum absolute atomic E-state index is 11.1. The molecule has 6 heteroatoms. The van der Waals surface area contributed by atoms with Gasteiger partial charge in [-0.25, -0.2) is 0 Å². The van der Waals surface area contributed by atoms with Crippen molar-refractivity contribution in [1.29, 1.82) is 0 Å². The first-order valence-corrected chi connectivity index (χ1v) is 5.39. The van der Waals surface area contributed by atoms with Crippen molar-refractivity contribution in [2.75, 3.05) is 12.3 Å². The Morgan fingerprint density at radius 2 is 1.79 bits per heavy atom. The van der Waals surface area contributed by atoms with E-state index in [2.05, 4.69) is 0 Å². The topological polar surface area (TPSA) is 69.4 Å². The molecule has 0 saturated heterocycles. The molecule has 14 heavy (non-hydrogen) atoms. The zero-order valence-electron chi connectivity index (χ0n) is 7.01. The molecular weight excluding hydrogens is 213 g/mol. The van der Waals surface area contributed by atoms with Gasteiger partial charge in [0.05, 0.1) is 5.75 Å². The normalized spacial score (nSPS) is 10.4. The first-order chi connectivity index (χ1) is 6.14. The Hall–Kier alpha value is -0.0700. The number of benzene rings is 1. The van der Waals surface area contributed by atoms with Crippen LogP contribution in [0.2, 0.25) is 0 Å². The molecule has 0 spiro atoms. The third kappa shape index (κ3) is 4.97. The van der Waals surface area contributed by atoms with Crippen LogP contribution >= 0.6 is 0 Å². The first kappa shape index (κ1) is 13.9. The van der Waals surface area contributed by atoms with Gasteiger partial charge in [-0.05, 0) is 12.1 Å². The average molecular weight is 225 g/mol. The molecule has 0 fully saturated rings. The van der Waals surface area contributed by atoms with Crippen LogP contribution < -0.4 is 9.92 Å². The van der Waals surface area contributed by atoms with E-state index in [0.29, 0.717) is 5.75 Å². The van der Waals surface area contributed by atoms with Gasteiger partial charge in [0.2, 0.25) is 0 Å². The third-order valence-electron chi connectivity index (χ3n) is 1.33. The molecular formula is C8H12NNaO3S. The summed E-state index contributed by atoms with van der Waals surface area (Å²) in [6.45, 7) is 0.0646. The summed E-state index contributed by atoms with van der Waals surface area (Å²) in [4.78, 5) is 0. The summed E-state index contributed by atoms with van der Waals surface area (Å²) in [6.07, 6.45) is 0. The van der Waals surface area contributed by atoms with Crippen LogP contribution in [0.25, 0.3) is 0 Å². The number of rotatable bonds is 4. The van der Waals surface area contributed by atoms with Crippen LogP contribution in [0.1, 0.15) is 0 Å². The monoisotopic (exact) mass is 225 g/mol. The van der Waals surface area contributed by atoms with E-state index in [-0.39, 0.29) is 41.9 Å². The van der Waals surface area contributed by atoms with Crippen LogP contribution in [0.4, 0.5) is 0 Å². The molecule has 0 aliphatic heterocycles. The number of hydrogen-bond acceptors (Lipinski definition) is 4. The van der Waals surface area contributed by atoms with Crippen LogP contribution in [0.5, 0.6) is 5.75 Å². The van der Waals surface area contributed by atoms with Crippen molar-refractivity contribution in [3.8, 4) is 5.75 Å². The summed E-state index contributed by atoms with van der Waals surface area (Å²) in [6, 6.07) is 8.34. The summed E-state index contributed by atoms with van der Waals surface area (Å²) in [5, 5.41) is 0. The molecule has 0 aliphatic carbocycles. The van der Waals surface area contributed by atoms with E-state index in [0.717, 1.165) is 0 Å². The maximum atomic E-state index is 11.1. The van der Waals surface area contributed by atoms with Crippen molar-refractivity contribution in [3.63, 3.8) is 0 Å². The molecule has 1 aromatic rings. The van der Waals surface area contributed by atoms with Gasteiger partial charge in [0, 0.05) is 6.54 Å². The fraction of sp³-hybridized carbons (Fsp3) is 0.250. The Labute approximate surface area is 106 Å². The Bertz CT molecular complexity index is 352. The molecule has 0 aliphatic rings. The van der Waals surface area contributed by atoms with Gasteiger partial charge in [0.15, 0.2) is 0 Å². The van der Waals surface area contributed by atoms with E-state index in [1.165, 1.54) is 0 Å². The van der Waals surface area contributed by atoms with Gasteiger partial charge >= 0.3 is 39.7 Å². The van der Waals surface area contributed by atoms with E-state index in [1.54, 1.807) is 30.3 Å². The molecule has 1 aromatic carbocycles. The van der Waals surface area contributed by atoms with Crippen molar-refractivity contribution >= 4 is 39.7 Å². The molecule has 0 aromatic heterocycles. The fourth-order valence-corrected chi connectivity index (χ4v) is 1.59. The third-order valence-corrected chi connectivity index (χ3v) is 2.52. The van der Waals surface area contributed by atoms with Crippen molar-refractivity contribution in [1.82, 2.24) is 0 Å². The number of nitrogens with two attached hydrogens (primary N) is 1. The summed E-state index contributed by atoms with van der Waals surface area (Å²) < 4.78 is 26.9. The molecule has 4 nitrogen and oxygen atoms in total. The van der Waals surface area contributed by atoms with Crippen LogP contribution in [-0.4, -0.2) is 50.3 Å². The molecule has 0 amide bonds. The zero-order chi connectivity index (χ0) is 9.73. The predicted molar refractivity (Wildman–Crippen MR) is 57.1 cm³/mol. The summed E-state index contributed by atoms with van der Waals surface area (Å²) >= 11 is 0. The molecule has 0 radical (unpaired) electrons. The second kappa shape index (κ2) is 6.42. The molecule has 0 bridgehead atoms. The van der Waals surface area contributed by atoms with Gasteiger partial charge in [-0.1, -0.05) is 18.2 Å². The average Bonchev–Trinajstić information content (AvgIpc) is 2.04. The molecule has 0 atom stereocenters. The zero-order valence-corrected chi connectivity index (χ0v) is 7.83. The minimum atomic E-state index is -3.51.